The number of nitrogens with one attached hydrogen (secondary N) is 1. The number of rotatable bonds is 4. The monoisotopic (exact) mass is 402 g/mol. The highest BCUT2D eigenvalue weighted by atomic mass is 35.5. The summed E-state index contributed by atoms with van der Waals surface area (Å²) in [7, 11) is 0. The van der Waals surface area contributed by atoms with Crippen molar-refractivity contribution in [2.75, 3.05) is 0 Å². The van der Waals surface area contributed by atoms with E-state index >= 15 is 0 Å². The van der Waals surface area contributed by atoms with Gasteiger partial charge in [-0.25, -0.2) is 14.2 Å². The number of benzene rings is 1. The lowest BCUT2D eigenvalue weighted by Gasteiger charge is -2.02. The molecule has 27 heavy (non-hydrogen) atoms. The molecule has 10 heteroatoms. The SMILES string of the molecule is Cc1nn(-c2ccc(F)cc2)c(Cl)c1/C=N\n1c(-c2ccco2)n[nH]c1=S. The lowest BCUT2D eigenvalue weighted by Crippen LogP contribution is -1.97. The fourth-order valence-corrected chi connectivity index (χ4v) is 2.99. The maximum absolute atomic E-state index is 13.1. The predicted molar refractivity (Wildman–Crippen MR) is 101 cm³/mol. The molecule has 0 atom stereocenters. The molecule has 0 spiro atoms. The summed E-state index contributed by atoms with van der Waals surface area (Å²) in [4.78, 5) is 0. The maximum Gasteiger partial charge on any atom is 0.219 e. The molecule has 1 N–H and O–H groups in total. The van der Waals surface area contributed by atoms with Crippen LogP contribution < -0.4 is 0 Å². The van der Waals surface area contributed by atoms with Crippen LogP contribution in [0.15, 0.2) is 52.2 Å². The van der Waals surface area contributed by atoms with E-state index in [9.17, 15) is 4.39 Å². The van der Waals surface area contributed by atoms with E-state index in [1.807, 2.05) is 0 Å². The van der Waals surface area contributed by atoms with Gasteiger partial charge in [0.05, 0.1) is 29.4 Å². The van der Waals surface area contributed by atoms with Crippen LogP contribution in [0.25, 0.3) is 17.3 Å². The molecule has 1 aromatic carbocycles. The van der Waals surface area contributed by atoms with Crippen LogP contribution in [-0.2, 0) is 0 Å². The minimum absolute atomic E-state index is 0.303. The summed E-state index contributed by atoms with van der Waals surface area (Å²) in [5.74, 6) is 0.616. The molecule has 7 nitrogen and oxygen atoms in total. The Morgan fingerprint density at radius 2 is 2.07 bits per heavy atom. The van der Waals surface area contributed by atoms with Crippen LogP contribution in [0.1, 0.15) is 11.3 Å². The van der Waals surface area contributed by atoms with Gasteiger partial charge in [-0.1, -0.05) is 11.6 Å². The summed E-state index contributed by atoms with van der Waals surface area (Å²) in [6, 6.07) is 9.37. The number of H-pyrrole nitrogens is 1. The topological polar surface area (TPSA) is 76.9 Å². The predicted octanol–water partition coefficient (Wildman–Crippen LogP) is 4.37. The van der Waals surface area contributed by atoms with Crippen LogP contribution in [0.3, 0.4) is 0 Å². The van der Waals surface area contributed by atoms with Gasteiger partial charge in [-0.3, -0.25) is 0 Å². The maximum atomic E-state index is 13.1. The van der Waals surface area contributed by atoms with Crippen LogP contribution in [0, 0.1) is 17.5 Å². The second-order valence-electron chi connectivity index (χ2n) is 5.56. The number of aryl methyl sites for hydroxylation is 1. The van der Waals surface area contributed by atoms with E-state index in [-0.39, 0.29) is 5.82 Å². The van der Waals surface area contributed by atoms with Gasteiger partial charge < -0.3 is 4.42 Å². The molecule has 0 aliphatic heterocycles. The number of aromatic nitrogens is 5. The molecule has 0 aliphatic carbocycles. The van der Waals surface area contributed by atoms with E-state index in [1.54, 1.807) is 37.4 Å². The molecule has 0 bridgehead atoms. The Hall–Kier alpha value is -3.04. The van der Waals surface area contributed by atoms with E-state index in [0.717, 1.165) is 0 Å². The molecule has 4 aromatic rings. The van der Waals surface area contributed by atoms with Gasteiger partial charge in [-0.2, -0.15) is 14.9 Å². The molecule has 0 saturated heterocycles. The zero-order valence-electron chi connectivity index (χ0n) is 13.9. The molecule has 0 amide bonds. The number of furan rings is 1. The highest BCUT2D eigenvalue weighted by Crippen LogP contribution is 2.23. The Morgan fingerprint density at radius 3 is 2.78 bits per heavy atom. The van der Waals surface area contributed by atoms with Gasteiger partial charge in [-0.15, -0.1) is 5.10 Å². The van der Waals surface area contributed by atoms with Crippen molar-refractivity contribution in [2.45, 2.75) is 6.92 Å². The highest BCUT2D eigenvalue weighted by molar-refractivity contribution is 7.71. The van der Waals surface area contributed by atoms with E-state index in [2.05, 4.69) is 20.4 Å². The molecule has 3 heterocycles. The molecule has 0 radical (unpaired) electrons. The average Bonchev–Trinajstić information content (AvgIpc) is 3.36. The second-order valence-corrected chi connectivity index (χ2v) is 6.31. The van der Waals surface area contributed by atoms with Crippen molar-refractivity contribution in [1.82, 2.24) is 24.7 Å². The lowest BCUT2D eigenvalue weighted by atomic mass is 10.3. The summed E-state index contributed by atoms with van der Waals surface area (Å²) < 4.78 is 21.7. The first-order chi connectivity index (χ1) is 13.0. The first-order valence-electron chi connectivity index (χ1n) is 7.81. The highest BCUT2D eigenvalue weighted by Gasteiger charge is 2.15. The van der Waals surface area contributed by atoms with Crippen LogP contribution in [0.2, 0.25) is 5.15 Å². The van der Waals surface area contributed by atoms with Crippen molar-refractivity contribution in [3.05, 3.63) is 69.7 Å². The van der Waals surface area contributed by atoms with Gasteiger partial charge in [0.15, 0.2) is 5.76 Å². The van der Waals surface area contributed by atoms with Gasteiger partial charge in [0, 0.05) is 0 Å². The molecule has 0 aliphatic rings. The number of hydrogen-bond acceptors (Lipinski definition) is 5. The second kappa shape index (κ2) is 6.93. The van der Waals surface area contributed by atoms with Gasteiger partial charge in [-0.05, 0) is 55.5 Å². The van der Waals surface area contributed by atoms with Gasteiger partial charge >= 0.3 is 0 Å². The molecule has 4 rings (SSSR count). The molecule has 136 valence electrons. The van der Waals surface area contributed by atoms with Crippen LogP contribution in [-0.4, -0.2) is 30.9 Å². The molecule has 3 aromatic heterocycles. The molecule has 0 fully saturated rings. The fourth-order valence-electron chi connectivity index (χ4n) is 2.49. The smallest absolute Gasteiger partial charge is 0.219 e. The Labute approximate surface area is 162 Å². The van der Waals surface area contributed by atoms with E-state index < -0.39 is 0 Å². The molecular weight excluding hydrogens is 391 g/mol. The number of aromatic amines is 1. The standard InChI is InChI=1S/C17H12ClFN6OS/c1-10-13(15(18)24(23-10)12-6-4-11(19)5-7-12)9-20-25-16(21-22-17(25)27)14-3-2-8-26-14/h2-9H,1H3,(H,22,27)/b20-9-. The summed E-state index contributed by atoms with van der Waals surface area (Å²) in [6.45, 7) is 1.80. The van der Waals surface area contributed by atoms with Crippen LogP contribution >= 0.6 is 23.8 Å². The summed E-state index contributed by atoms with van der Waals surface area (Å²) in [5.41, 5.74) is 1.90. The van der Waals surface area contributed by atoms with Crippen molar-refractivity contribution < 1.29 is 8.81 Å². The average molecular weight is 403 g/mol. The quantitative estimate of drug-likeness (QED) is 0.406. The third kappa shape index (κ3) is 3.22. The van der Waals surface area contributed by atoms with Crippen molar-refractivity contribution in [1.29, 1.82) is 0 Å². The van der Waals surface area contributed by atoms with Crippen LogP contribution in [0.4, 0.5) is 4.39 Å². The Kier molecular flexibility index (Phi) is 4.46. The minimum atomic E-state index is -0.333. The zero-order chi connectivity index (χ0) is 19.0. The third-order valence-electron chi connectivity index (χ3n) is 3.81. The van der Waals surface area contributed by atoms with Crippen molar-refractivity contribution in [3.63, 3.8) is 0 Å². The zero-order valence-corrected chi connectivity index (χ0v) is 15.5. The van der Waals surface area contributed by atoms with E-state index in [1.165, 1.54) is 27.8 Å². The largest absolute Gasteiger partial charge is 0.461 e. The van der Waals surface area contributed by atoms with Gasteiger partial charge in [0.25, 0.3) is 0 Å². The Bertz CT molecular complexity index is 1170. The normalized spacial score (nSPS) is 11.5. The summed E-state index contributed by atoms with van der Waals surface area (Å²) in [5, 5.41) is 15.9. The van der Waals surface area contributed by atoms with Crippen molar-refractivity contribution in [2.24, 2.45) is 5.10 Å². The van der Waals surface area contributed by atoms with Gasteiger partial charge in [0.1, 0.15) is 11.0 Å². The first-order valence-corrected chi connectivity index (χ1v) is 8.60. The molecule has 0 unspecified atom stereocenters. The number of halogens is 2. The fraction of sp³-hybridized carbons (Fsp3) is 0.0588. The van der Waals surface area contributed by atoms with Crippen LogP contribution in [0.5, 0.6) is 0 Å². The van der Waals surface area contributed by atoms with E-state index in [4.69, 9.17) is 28.2 Å². The third-order valence-corrected chi connectivity index (χ3v) is 4.44. The molecule has 0 saturated carbocycles. The summed E-state index contributed by atoms with van der Waals surface area (Å²) >= 11 is 11.7. The van der Waals surface area contributed by atoms with Gasteiger partial charge in [0.2, 0.25) is 10.6 Å². The van der Waals surface area contributed by atoms with Crippen molar-refractivity contribution >= 4 is 30.0 Å². The Morgan fingerprint density at radius 1 is 1.30 bits per heavy atom. The van der Waals surface area contributed by atoms with E-state index in [0.29, 0.717) is 38.5 Å². The Balaban J connectivity index is 1.73. The van der Waals surface area contributed by atoms with Crippen molar-refractivity contribution in [3.8, 4) is 17.3 Å². The number of nitrogens with zero attached hydrogens (tertiary/aromatic N) is 5. The summed E-state index contributed by atoms with van der Waals surface area (Å²) in [6.07, 6.45) is 3.08. The first kappa shape index (κ1) is 17.4. The lowest BCUT2D eigenvalue weighted by molar-refractivity contribution is 0.573. The minimum Gasteiger partial charge on any atom is -0.461 e. The molecular formula is C17H12ClFN6OS. The number of hydrogen-bond donors (Lipinski definition) is 1.